The minimum Gasteiger partial charge on any atom is -0.508 e. The number of esters is 1. The molecule has 0 aliphatic carbocycles. The summed E-state index contributed by atoms with van der Waals surface area (Å²) in [7, 11) is 0. The Morgan fingerprint density at radius 2 is 1.91 bits per heavy atom. The lowest BCUT2D eigenvalue weighted by Gasteiger charge is -2.33. The number of aromatic nitrogens is 4. The number of amides is 1. The number of nitrogens with one attached hydrogen (secondary N) is 1. The third-order valence-corrected chi connectivity index (χ3v) is 5.62. The van der Waals surface area contributed by atoms with Crippen molar-refractivity contribution in [3.05, 3.63) is 40.4 Å². The number of aromatic amines is 1. The molecule has 1 fully saturated rings. The molecule has 1 saturated heterocycles. The molecular formula is C24H29N5O6. The normalized spacial score (nSPS) is 14.8. The van der Waals surface area contributed by atoms with Crippen molar-refractivity contribution < 1.29 is 24.2 Å². The predicted octanol–water partition coefficient (Wildman–Crippen LogP) is 3.24. The number of H-pyrrole nitrogens is 1. The number of carbonyl (C=O) groups excluding carboxylic acids is 2. The molecule has 3 heterocycles. The first-order valence-corrected chi connectivity index (χ1v) is 11.5. The van der Waals surface area contributed by atoms with Gasteiger partial charge in [-0.2, -0.15) is 0 Å². The Balaban J connectivity index is 1.73. The molecule has 1 aromatic carbocycles. The summed E-state index contributed by atoms with van der Waals surface area (Å²) in [6.45, 7) is 8.08. The number of benzene rings is 1. The smallest absolute Gasteiger partial charge is 0.410 e. The van der Waals surface area contributed by atoms with Gasteiger partial charge in [-0.25, -0.2) is 24.4 Å². The van der Waals surface area contributed by atoms with Crippen LogP contribution >= 0.6 is 0 Å². The first-order valence-electron chi connectivity index (χ1n) is 11.5. The Bertz CT molecular complexity index is 1310. The maximum absolute atomic E-state index is 13.0. The van der Waals surface area contributed by atoms with E-state index in [1.54, 1.807) is 24.0 Å². The fourth-order valence-corrected chi connectivity index (χ4v) is 4.09. The van der Waals surface area contributed by atoms with E-state index in [-0.39, 0.29) is 47.2 Å². The lowest BCUT2D eigenvalue weighted by atomic mass is 10.1. The maximum atomic E-state index is 13.0. The second-order valence-electron chi connectivity index (χ2n) is 9.36. The van der Waals surface area contributed by atoms with Crippen LogP contribution in [0.25, 0.3) is 22.6 Å². The molecule has 2 aromatic heterocycles. The summed E-state index contributed by atoms with van der Waals surface area (Å²) in [5.41, 5.74) is -0.142. The van der Waals surface area contributed by atoms with Crippen LogP contribution in [-0.2, 0) is 9.47 Å². The predicted molar refractivity (Wildman–Crippen MR) is 127 cm³/mol. The highest BCUT2D eigenvalue weighted by Crippen LogP contribution is 2.28. The summed E-state index contributed by atoms with van der Waals surface area (Å²) in [5, 5.41) is 9.90. The molecule has 0 spiro atoms. The summed E-state index contributed by atoms with van der Waals surface area (Å²) in [6.07, 6.45) is 0.624. The number of likely N-dealkylation sites (tertiary alicyclic amines) is 1. The Labute approximate surface area is 201 Å². The van der Waals surface area contributed by atoms with Crippen molar-refractivity contribution in [2.75, 3.05) is 19.7 Å². The molecule has 1 amide bonds. The molecule has 0 saturated carbocycles. The van der Waals surface area contributed by atoms with Crippen LogP contribution < -0.4 is 5.69 Å². The molecule has 4 rings (SSSR count). The minimum atomic E-state index is -0.686. The van der Waals surface area contributed by atoms with Gasteiger partial charge in [0.25, 0.3) is 0 Å². The summed E-state index contributed by atoms with van der Waals surface area (Å²) in [6, 6.07) is 6.07. The number of hydrogen-bond donors (Lipinski definition) is 2. The molecule has 186 valence electrons. The van der Waals surface area contributed by atoms with Gasteiger partial charge in [0.2, 0.25) is 0 Å². The Kier molecular flexibility index (Phi) is 6.51. The van der Waals surface area contributed by atoms with E-state index in [1.165, 1.54) is 16.7 Å². The van der Waals surface area contributed by atoms with Crippen molar-refractivity contribution in [3.8, 4) is 17.1 Å². The number of phenolic OH excluding ortho intramolecular Hbond substituents is 1. The SMILES string of the molecule is CCOC(=O)c1nc(-c2cccc(O)c2)nc2c1[nH]c(=O)n2C1CCN(C(=O)OC(C)(C)C)CC1. The van der Waals surface area contributed by atoms with Gasteiger partial charge in [0.1, 0.15) is 16.9 Å². The molecule has 2 N–H and O–H groups in total. The number of fused-ring (bicyclic) bond motifs is 1. The van der Waals surface area contributed by atoms with Crippen molar-refractivity contribution >= 4 is 23.2 Å². The Morgan fingerprint density at radius 1 is 1.20 bits per heavy atom. The fraction of sp³-hybridized carbons (Fsp3) is 0.458. The number of imidazole rings is 1. The first-order chi connectivity index (χ1) is 16.6. The van der Waals surface area contributed by atoms with Gasteiger partial charge in [-0.15, -0.1) is 0 Å². The lowest BCUT2D eigenvalue weighted by Crippen LogP contribution is -2.43. The molecule has 11 heteroatoms. The lowest BCUT2D eigenvalue weighted by molar-refractivity contribution is 0.0188. The number of phenols is 1. The zero-order valence-corrected chi connectivity index (χ0v) is 20.2. The van der Waals surface area contributed by atoms with Crippen molar-refractivity contribution in [1.29, 1.82) is 0 Å². The van der Waals surface area contributed by atoms with E-state index >= 15 is 0 Å². The Morgan fingerprint density at radius 3 is 2.54 bits per heavy atom. The third kappa shape index (κ3) is 5.13. The van der Waals surface area contributed by atoms with Gasteiger partial charge in [-0.05, 0) is 52.7 Å². The summed E-state index contributed by atoms with van der Waals surface area (Å²) in [5.74, 6) is -0.491. The van der Waals surface area contributed by atoms with Crippen LogP contribution in [-0.4, -0.2) is 66.9 Å². The van der Waals surface area contributed by atoms with Gasteiger partial charge in [-0.1, -0.05) is 12.1 Å². The first kappa shape index (κ1) is 24.2. The number of piperidine rings is 1. The number of rotatable bonds is 4. The van der Waals surface area contributed by atoms with E-state index < -0.39 is 17.3 Å². The van der Waals surface area contributed by atoms with Crippen LogP contribution in [0, 0.1) is 0 Å². The van der Waals surface area contributed by atoms with E-state index in [4.69, 9.17) is 9.47 Å². The topological polar surface area (TPSA) is 140 Å². The maximum Gasteiger partial charge on any atom is 0.410 e. The second kappa shape index (κ2) is 9.40. The van der Waals surface area contributed by atoms with E-state index in [0.29, 0.717) is 31.5 Å². The van der Waals surface area contributed by atoms with Crippen LogP contribution in [0.5, 0.6) is 5.75 Å². The van der Waals surface area contributed by atoms with Gasteiger partial charge in [0.15, 0.2) is 17.2 Å². The summed E-state index contributed by atoms with van der Waals surface area (Å²) < 4.78 is 12.1. The highest BCUT2D eigenvalue weighted by atomic mass is 16.6. The zero-order chi connectivity index (χ0) is 25.3. The number of ether oxygens (including phenoxy) is 2. The standard InChI is InChI=1S/C24H29N5O6/c1-5-34-21(31)18-17-20(27-19(25-18)14-7-6-8-16(30)13-14)29(22(32)26-17)15-9-11-28(12-10-15)23(33)35-24(2,3)4/h6-8,13,15,30H,5,9-12H2,1-4H3,(H,26,32). The van der Waals surface area contributed by atoms with Gasteiger partial charge < -0.3 is 24.5 Å². The van der Waals surface area contributed by atoms with Crippen LogP contribution in [0.4, 0.5) is 4.79 Å². The highest BCUT2D eigenvalue weighted by molar-refractivity contribution is 5.99. The largest absolute Gasteiger partial charge is 0.508 e. The van der Waals surface area contributed by atoms with Gasteiger partial charge in [-0.3, -0.25) is 4.57 Å². The number of nitrogens with zero attached hydrogens (tertiary/aromatic N) is 4. The van der Waals surface area contributed by atoms with Crippen LogP contribution in [0.2, 0.25) is 0 Å². The average Bonchev–Trinajstić information content (AvgIpc) is 3.13. The van der Waals surface area contributed by atoms with Crippen LogP contribution in [0.1, 0.15) is 57.1 Å². The van der Waals surface area contributed by atoms with Crippen LogP contribution in [0.15, 0.2) is 29.1 Å². The molecule has 0 bridgehead atoms. The van der Waals surface area contributed by atoms with E-state index in [2.05, 4.69) is 15.0 Å². The van der Waals surface area contributed by atoms with Crippen molar-refractivity contribution in [1.82, 2.24) is 24.4 Å². The van der Waals surface area contributed by atoms with Gasteiger partial charge >= 0.3 is 17.8 Å². The fourth-order valence-electron chi connectivity index (χ4n) is 4.09. The van der Waals surface area contributed by atoms with E-state index in [0.717, 1.165) is 0 Å². The molecular weight excluding hydrogens is 454 g/mol. The number of aromatic hydroxyl groups is 1. The molecule has 0 unspecified atom stereocenters. The van der Waals surface area contributed by atoms with Crippen molar-refractivity contribution in [2.24, 2.45) is 0 Å². The van der Waals surface area contributed by atoms with Gasteiger partial charge in [0.05, 0.1) is 6.61 Å². The Hall–Kier alpha value is -3.89. The van der Waals surface area contributed by atoms with Crippen LogP contribution in [0.3, 0.4) is 0 Å². The molecule has 1 aliphatic heterocycles. The molecule has 3 aromatic rings. The molecule has 0 radical (unpaired) electrons. The molecule has 35 heavy (non-hydrogen) atoms. The molecule has 0 atom stereocenters. The quantitative estimate of drug-likeness (QED) is 0.539. The zero-order valence-electron chi connectivity index (χ0n) is 20.2. The van der Waals surface area contributed by atoms with Crippen molar-refractivity contribution in [2.45, 2.75) is 52.2 Å². The molecule has 11 nitrogen and oxygen atoms in total. The van der Waals surface area contributed by atoms with Crippen molar-refractivity contribution in [3.63, 3.8) is 0 Å². The van der Waals surface area contributed by atoms with E-state index in [9.17, 15) is 19.5 Å². The second-order valence-corrected chi connectivity index (χ2v) is 9.36. The third-order valence-electron chi connectivity index (χ3n) is 5.62. The number of carbonyl (C=O) groups is 2. The average molecular weight is 484 g/mol. The molecule has 1 aliphatic rings. The van der Waals surface area contributed by atoms with Gasteiger partial charge in [0, 0.05) is 24.7 Å². The summed E-state index contributed by atoms with van der Waals surface area (Å²) in [4.78, 5) is 51.4. The number of hydrogen-bond acceptors (Lipinski definition) is 8. The monoisotopic (exact) mass is 483 g/mol. The highest BCUT2D eigenvalue weighted by Gasteiger charge is 2.31. The minimum absolute atomic E-state index is 0.0184. The summed E-state index contributed by atoms with van der Waals surface area (Å²) >= 11 is 0. The van der Waals surface area contributed by atoms with E-state index in [1.807, 2.05) is 20.8 Å².